The van der Waals surface area contributed by atoms with Gasteiger partial charge in [-0.05, 0) is 54.3 Å². The highest BCUT2D eigenvalue weighted by Crippen LogP contribution is 2.40. The molecule has 2 aromatic rings. The molecule has 0 N–H and O–H groups in total. The molecule has 1 aliphatic carbocycles. The average molecular weight is 478 g/mol. The van der Waals surface area contributed by atoms with Crippen LogP contribution < -0.4 is 0 Å². The summed E-state index contributed by atoms with van der Waals surface area (Å²) >= 11 is 18.3. The first-order valence-electron chi connectivity index (χ1n) is 9.83. The van der Waals surface area contributed by atoms with E-state index in [1.165, 1.54) is 5.01 Å². The quantitative estimate of drug-likeness (QED) is 0.437. The monoisotopic (exact) mass is 476 g/mol. The zero-order chi connectivity index (χ0) is 22.3. The fourth-order valence-corrected chi connectivity index (χ4v) is 4.75. The third-order valence-corrected chi connectivity index (χ3v) is 6.59. The normalized spacial score (nSPS) is 22.6. The summed E-state index contributed by atoms with van der Waals surface area (Å²) in [6.45, 7) is 1.85. The van der Waals surface area contributed by atoms with Crippen molar-refractivity contribution in [3.8, 4) is 0 Å². The molecule has 1 heterocycles. The number of benzene rings is 2. The minimum atomic E-state index is -0.497. The molecule has 1 aliphatic heterocycles. The van der Waals surface area contributed by atoms with Crippen LogP contribution in [0.1, 0.15) is 29.3 Å². The summed E-state index contributed by atoms with van der Waals surface area (Å²) in [5, 5.41) is 3.44. The molecule has 31 heavy (non-hydrogen) atoms. The Morgan fingerprint density at radius 1 is 1.03 bits per heavy atom. The highest BCUT2D eigenvalue weighted by Gasteiger charge is 2.53. The summed E-state index contributed by atoms with van der Waals surface area (Å²) in [6, 6.07) is 11.2. The number of halogens is 3. The average Bonchev–Trinajstić information content (AvgIpc) is 2.99. The fraction of sp³-hybridized carbons (Fsp3) is 0.261. The second-order valence-electron chi connectivity index (χ2n) is 7.75. The Labute approximate surface area is 195 Å². The lowest BCUT2D eigenvalue weighted by molar-refractivity contribution is -0.155. The number of hydrogen-bond donors (Lipinski definition) is 0. The molecule has 5 nitrogen and oxygen atoms in total. The van der Waals surface area contributed by atoms with Gasteiger partial charge < -0.3 is 0 Å². The number of rotatable bonds is 4. The van der Waals surface area contributed by atoms with Crippen molar-refractivity contribution in [1.29, 1.82) is 0 Å². The van der Waals surface area contributed by atoms with Gasteiger partial charge in [0.15, 0.2) is 0 Å². The maximum atomic E-state index is 13.5. The van der Waals surface area contributed by atoms with Gasteiger partial charge in [0.1, 0.15) is 0 Å². The first-order chi connectivity index (χ1) is 14.8. The van der Waals surface area contributed by atoms with Crippen LogP contribution in [0.15, 0.2) is 54.6 Å². The summed E-state index contributed by atoms with van der Waals surface area (Å²) < 4.78 is 0. The standard InChI is InChI=1S/C23H19Cl3N2O3/c1-13-3-2-4-18-20(13)23(31)28(22(18)30)27(12-15-7-10-17(25)11-19(15)26)21(29)14-5-8-16(24)9-6-14/h2-3,5-11,13,18,20H,4,12H2,1H3/t13-,18-,20+/m1/s1. The Balaban J connectivity index is 1.74. The lowest BCUT2D eigenvalue weighted by atomic mass is 9.78. The first-order valence-corrected chi connectivity index (χ1v) is 11.0. The highest BCUT2D eigenvalue weighted by molar-refractivity contribution is 6.35. The molecule has 4 rings (SSSR count). The van der Waals surface area contributed by atoms with Crippen LogP contribution in [-0.2, 0) is 16.1 Å². The van der Waals surface area contributed by atoms with Gasteiger partial charge in [-0.15, -0.1) is 0 Å². The number of hydrogen-bond acceptors (Lipinski definition) is 3. The Morgan fingerprint density at radius 2 is 1.71 bits per heavy atom. The molecule has 1 saturated heterocycles. The van der Waals surface area contributed by atoms with Gasteiger partial charge >= 0.3 is 0 Å². The summed E-state index contributed by atoms with van der Waals surface area (Å²) in [5.74, 6) is -2.30. The second-order valence-corrected chi connectivity index (χ2v) is 9.03. The van der Waals surface area contributed by atoms with E-state index in [4.69, 9.17) is 34.8 Å². The predicted octanol–water partition coefficient (Wildman–Crippen LogP) is 5.40. The number of hydrazine groups is 1. The van der Waals surface area contributed by atoms with Crippen LogP contribution >= 0.6 is 34.8 Å². The third kappa shape index (κ3) is 4.10. The highest BCUT2D eigenvalue weighted by atomic mass is 35.5. The molecule has 8 heteroatoms. The Kier molecular flexibility index (Phi) is 6.11. The largest absolute Gasteiger partial charge is 0.273 e. The summed E-state index contributed by atoms with van der Waals surface area (Å²) in [5.41, 5.74) is 0.867. The van der Waals surface area contributed by atoms with E-state index < -0.39 is 17.7 Å². The van der Waals surface area contributed by atoms with Crippen LogP contribution in [0.4, 0.5) is 0 Å². The van der Waals surface area contributed by atoms with E-state index in [1.54, 1.807) is 42.5 Å². The lowest BCUT2D eigenvalue weighted by Crippen LogP contribution is -2.50. The summed E-state index contributed by atoms with van der Waals surface area (Å²) in [7, 11) is 0. The number of amides is 3. The van der Waals surface area contributed by atoms with E-state index in [9.17, 15) is 14.4 Å². The smallest absolute Gasteiger partial charge is 0.272 e. The Morgan fingerprint density at radius 3 is 2.35 bits per heavy atom. The molecule has 3 atom stereocenters. The predicted molar refractivity (Wildman–Crippen MR) is 120 cm³/mol. The van der Waals surface area contributed by atoms with Gasteiger partial charge in [0.25, 0.3) is 17.7 Å². The number of carbonyl (C=O) groups is 3. The molecule has 3 amide bonds. The van der Waals surface area contributed by atoms with Gasteiger partial charge in [-0.3, -0.25) is 14.4 Å². The van der Waals surface area contributed by atoms with Gasteiger partial charge in [0, 0.05) is 20.6 Å². The lowest BCUT2D eigenvalue weighted by Gasteiger charge is -2.31. The van der Waals surface area contributed by atoms with Gasteiger partial charge in [0.05, 0.1) is 18.4 Å². The van der Waals surface area contributed by atoms with Gasteiger partial charge in [-0.25, -0.2) is 5.01 Å². The molecule has 0 saturated carbocycles. The molecule has 2 aromatic carbocycles. The van der Waals surface area contributed by atoms with Crippen molar-refractivity contribution in [2.75, 3.05) is 0 Å². The molecule has 0 spiro atoms. The molecule has 2 aliphatic rings. The minimum Gasteiger partial charge on any atom is -0.272 e. The van der Waals surface area contributed by atoms with Crippen LogP contribution in [0.5, 0.6) is 0 Å². The van der Waals surface area contributed by atoms with Crippen molar-refractivity contribution in [2.24, 2.45) is 17.8 Å². The van der Waals surface area contributed by atoms with Crippen LogP contribution in [-0.4, -0.2) is 27.7 Å². The molecular weight excluding hydrogens is 459 g/mol. The number of allylic oxidation sites excluding steroid dienone is 2. The third-order valence-electron chi connectivity index (χ3n) is 5.75. The van der Waals surface area contributed by atoms with Crippen LogP contribution in [0.25, 0.3) is 0 Å². The van der Waals surface area contributed by atoms with Crippen LogP contribution in [0.2, 0.25) is 15.1 Å². The zero-order valence-corrected chi connectivity index (χ0v) is 18.9. The second kappa shape index (κ2) is 8.65. The minimum absolute atomic E-state index is 0.0593. The van der Waals surface area contributed by atoms with Gasteiger partial charge in [0.2, 0.25) is 0 Å². The SMILES string of the molecule is C[C@@H]1C=CC[C@H]2C(=O)N(N(Cc3ccc(Cl)cc3Cl)C(=O)c3ccc(Cl)cc3)C(=O)[C@@H]12. The number of fused-ring (bicyclic) bond motifs is 1. The van der Waals surface area contributed by atoms with E-state index in [2.05, 4.69) is 0 Å². The Hall–Kier alpha value is -2.34. The van der Waals surface area contributed by atoms with Crippen molar-refractivity contribution >= 4 is 52.5 Å². The molecule has 0 radical (unpaired) electrons. The maximum absolute atomic E-state index is 13.5. The number of carbonyl (C=O) groups excluding carboxylic acids is 3. The van der Waals surface area contributed by atoms with E-state index in [1.807, 2.05) is 19.1 Å². The van der Waals surface area contributed by atoms with Gasteiger partial charge in [-0.1, -0.05) is 59.9 Å². The van der Waals surface area contributed by atoms with Gasteiger partial charge in [-0.2, -0.15) is 5.01 Å². The molecule has 1 fully saturated rings. The zero-order valence-electron chi connectivity index (χ0n) is 16.6. The van der Waals surface area contributed by atoms with Crippen LogP contribution in [0, 0.1) is 17.8 Å². The molecule has 0 aromatic heterocycles. The Bertz CT molecular complexity index is 1080. The van der Waals surface area contributed by atoms with Crippen molar-refractivity contribution in [1.82, 2.24) is 10.0 Å². The van der Waals surface area contributed by atoms with Crippen molar-refractivity contribution < 1.29 is 14.4 Å². The summed E-state index contributed by atoms with van der Waals surface area (Å²) in [6.07, 6.45) is 4.33. The van der Waals surface area contributed by atoms with Crippen molar-refractivity contribution in [3.05, 3.63) is 80.8 Å². The van der Waals surface area contributed by atoms with E-state index in [0.29, 0.717) is 32.6 Å². The molecular formula is C23H19Cl3N2O3. The van der Waals surface area contributed by atoms with E-state index >= 15 is 0 Å². The molecule has 0 unspecified atom stereocenters. The molecule has 160 valence electrons. The molecule has 0 bridgehead atoms. The van der Waals surface area contributed by atoms with Crippen molar-refractivity contribution in [2.45, 2.75) is 19.9 Å². The van der Waals surface area contributed by atoms with E-state index in [-0.39, 0.29) is 24.3 Å². The topological polar surface area (TPSA) is 57.7 Å². The van der Waals surface area contributed by atoms with Crippen LogP contribution in [0.3, 0.4) is 0 Å². The fourth-order valence-electron chi connectivity index (χ4n) is 4.15. The van der Waals surface area contributed by atoms with E-state index in [0.717, 1.165) is 5.01 Å². The first kappa shape index (κ1) is 21.9. The maximum Gasteiger partial charge on any atom is 0.273 e. The summed E-state index contributed by atoms with van der Waals surface area (Å²) in [4.78, 5) is 40.0. The van der Waals surface area contributed by atoms with Crippen molar-refractivity contribution in [3.63, 3.8) is 0 Å². The number of imide groups is 1. The number of nitrogens with zero attached hydrogens (tertiary/aromatic N) is 2.